The summed E-state index contributed by atoms with van der Waals surface area (Å²) in [7, 11) is 0. The van der Waals surface area contributed by atoms with Crippen LogP contribution < -0.4 is 18.9 Å². The van der Waals surface area contributed by atoms with Crippen LogP contribution in [0, 0.1) is 23.7 Å². The first-order valence-corrected chi connectivity index (χ1v) is 12.8. The lowest BCUT2D eigenvalue weighted by atomic mass is 10.1. The summed E-state index contributed by atoms with van der Waals surface area (Å²) in [5.74, 6) is 9.78. The fourth-order valence-electron chi connectivity index (χ4n) is 3.10. The molecule has 0 unspecified atom stereocenters. The summed E-state index contributed by atoms with van der Waals surface area (Å²) in [5.41, 5.74) is 2.03. The minimum atomic E-state index is -0.744. The van der Waals surface area contributed by atoms with Gasteiger partial charge in [-0.15, -0.1) is 0 Å². The molecule has 3 rings (SSSR count). The molecule has 8 heteroatoms. The second kappa shape index (κ2) is 15.0. The topological polar surface area (TPSA) is 105 Å². The Labute approximate surface area is 254 Å². The van der Waals surface area contributed by atoms with Crippen molar-refractivity contribution < 1.29 is 38.1 Å². The fourth-order valence-corrected chi connectivity index (χ4v) is 3.10. The maximum atomic E-state index is 12.1. The zero-order chi connectivity index (χ0) is 32.2. The second-order valence-corrected chi connectivity index (χ2v) is 8.98. The molecule has 0 spiro atoms. The monoisotopic (exact) mass is 586 g/mol. The van der Waals surface area contributed by atoms with E-state index in [9.17, 15) is 19.2 Å². The molecule has 0 heterocycles. The van der Waals surface area contributed by atoms with Gasteiger partial charge in [-0.3, -0.25) is 0 Å². The number of hydrogen-bond acceptors (Lipinski definition) is 8. The van der Waals surface area contributed by atoms with Crippen LogP contribution in [-0.4, -0.2) is 23.9 Å². The normalized spacial score (nSPS) is 9.50. The smallest absolute Gasteiger partial charge is 0.338 e. The lowest BCUT2D eigenvalue weighted by Gasteiger charge is -2.10. The second-order valence-electron chi connectivity index (χ2n) is 8.98. The highest BCUT2D eigenvalue weighted by atomic mass is 16.5. The minimum Gasteiger partial charge on any atom is -0.423 e. The quantitative estimate of drug-likeness (QED) is 0.145. The van der Waals surface area contributed by atoms with Gasteiger partial charge in [-0.25, -0.2) is 19.2 Å². The van der Waals surface area contributed by atoms with Gasteiger partial charge in [-0.1, -0.05) is 50.0 Å². The number of benzene rings is 3. The third-order valence-electron chi connectivity index (χ3n) is 5.35. The number of hydrogen-bond donors (Lipinski definition) is 0. The highest BCUT2D eigenvalue weighted by molar-refractivity contribution is 5.89. The summed E-state index contributed by atoms with van der Waals surface area (Å²) in [6, 6.07) is 15.6. The van der Waals surface area contributed by atoms with Gasteiger partial charge in [0.05, 0.1) is 11.1 Å². The van der Waals surface area contributed by atoms with Gasteiger partial charge in [-0.05, 0) is 62.4 Å². The zero-order valence-electron chi connectivity index (χ0n) is 24.0. The zero-order valence-corrected chi connectivity index (χ0v) is 24.0. The van der Waals surface area contributed by atoms with Crippen LogP contribution in [-0.2, 0) is 19.2 Å². The summed E-state index contributed by atoms with van der Waals surface area (Å²) in [4.78, 5) is 47.7. The standard InChI is InChI=1S/C36H26O8/c1-7-33(37)43-31-21-28(16-10-26-13-19-30(20-14-26)42-36(40)24(5)6)32(44-34(38)8-2)22-27(31)15-9-25-11-17-29(18-12-25)41-35(39)23(3)4/h7-8,11-14,17-22H,1-3,5H2,4,6H3. The lowest BCUT2D eigenvalue weighted by Crippen LogP contribution is -2.08. The molecule has 3 aromatic carbocycles. The van der Waals surface area contributed by atoms with Crippen molar-refractivity contribution in [2.45, 2.75) is 13.8 Å². The van der Waals surface area contributed by atoms with Crippen molar-refractivity contribution in [3.63, 3.8) is 0 Å². The summed E-state index contributed by atoms with van der Waals surface area (Å²) < 4.78 is 21.2. The third kappa shape index (κ3) is 9.34. The maximum Gasteiger partial charge on any atom is 0.338 e. The molecule has 0 aromatic heterocycles. The van der Waals surface area contributed by atoms with E-state index in [1.165, 1.54) is 12.1 Å². The third-order valence-corrected chi connectivity index (χ3v) is 5.35. The first kappa shape index (κ1) is 32.1. The molecule has 0 fully saturated rings. The molecular formula is C36H26O8. The Morgan fingerprint density at radius 1 is 0.568 bits per heavy atom. The summed E-state index contributed by atoms with van der Waals surface area (Å²) in [5, 5.41) is 0. The van der Waals surface area contributed by atoms with Gasteiger partial charge in [0.1, 0.15) is 23.0 Å². The van der Waals surface area contributed by atoms with Crippen molar-refractivity contribution in [2.75, 3.05) is 0 Å². The van der Waals surface area contributed by atoms with Crippen LogP contribution in [0.3, 0.4) is 0 Å². The van der Waals surface area contributed by atoms with Gasteiger partial charge in [0.15, 0.2) is 0 Å². The van der Waals surface area contributed by atoms with Crippen molar-refractivity contribution in [1.29, 1.82) is 0 Å². The van der Waals surface area contributed by atoms with Crippen LogP contribution in [0.4, 0.5) is 0 Å². The summed E-state index contributed by atoms with van der Waals surface area (Å²) in [6.07, 6.45) is 1.98. The van der Waals surface area contributed by atoms with Crippen LogP contribution in [0.25, 0.3) is 0 Å². The number of esters is 4. The Balaban J connectivity index is 2.01. The van der Waals surface area contributed by atoms with E-state index >= 15 is 0 Å². The molecule has 0 atom stereocenters. The van der Waals surface area contributed by atoms with E-state index in [1.807, 2.05) is 0 Å². The van der Waals surface area contributed by atoms with E-state index in [-0.39, 0.29) is 33.8 Å². The van der Waals surface area contributed by atoms with Crippen LogP contribution in [0.1, 0.15) is 36.1 Å². The van der Waals surface area contributed by atoms with Crippen molar-refractivity contribution in [2.24, 2.45) is 0 Å². The van der Waals surface area contributed by atoms with E-state index in [0.717, 1.165) is 12.2 Å². The van der Waals surface area contributed by atoms with E-state index in [0.29, 0.717) is 22.6 Å². The molecule has 0 aliphatic rings. The highest BCUT2D eigenvalue weighted by Crippen LogP contribution is 2.29. The first-order valence-electron chi connectivity index (χ1n) is 12.8. The molecule has 8 nitrogen and oxygen atoms in total. The lowest BCUT2D eigenvalue weighted by molar-refractivity contribution is -0.130. The molecule has 0 aliphatic carbocycles. The molecule has 218 valence electrons. The molecule has 0 radical (unpaired) electrons. The number of carbonyl (C=O) groups excluding carboxylic acids is 4. The van der Waals surface area contributed by atoms with Gasteiger partial charge < -0.3 is 18.9 Å². The number of carbonyl (C=O) groups is 4. The Morgan fingerprint density at radius 3 is 1.20 bits per heavy atom. The molecule has 0 saturated heterocycles. The maximum absolute atomic E-state index is 12.1. The largest absolute Gasteiger partial charge is 0.423 e. The number of rotatable bonds is 8. The average Bonchev–Trinajstić information content (AvgIpc) is 3.01. The molecule has 0 saturated carbocycles. The first-order chi connectivity index (χ1) is 21.0. The Kier molecular flexibility index (Phi) is 11.0. The predicted octanol–water partition coefficient (Wildman–Crippen LogP) is 5.63. The summed E-state index contributed by atoms with van der Waals surface area (Å²) in [6.45, 7) is 17.0. The Hall–Kier alpha value is -6.38. The summed E-state index contributed by atoms with van der Waals surface area (Å²) >= 11 is 0. The fraction of sp³-hybridized carbons (Fsp3) is 0.0556. The van der Waals surface area contributed by atoms with Crippen LogP contribution in [0.15, 0.2) is 110 Å². The Morgan fingerprint density at radius 2 is 0.909 bits per heavy atom. The van der Waals surface area contributed by atoms with Gasteiger partial charge in [0.25, 0.3) is 0 Å². The predicted molar refractivity (Wildman–Crippen MR) is 164 cm³/mol. The van der Waals surface area contributed by atoms with Crippen molar-refractivity contribution in [3.8, 4) is 46.7 Å². The van der Waals surface area contributed by atoms with Crippen LogP contribution in [0.2, 0.25) is 0 Å². The molecular weight excluding hydrogens is 560 g/mol. The molecule has 0 bridgehead atoms. The van der Waals surface area contributed by atoms with Crippen molar-refractivity contribution >= 4 is 23.9 Å². The van der Waals surface area contributed by atoms with Crippen molar-refractivity contribution in [1.82, 2.24) is 0 Å². The number of ether oxygens (including phenoxy) is 4. The van der Waals surface area contributed by atoms with Gasteiger partial charge in [-0.2, -0.15) is 0 Å². The van der Waals surface area contributed by atoms with Gasteiger partial charge in [0, 0.05) is 46.6 Å². The Bertz CT molecular complexity index is 1670. The highest BCUT2D eigenvalue weighted by Gasteiger charge is 2.15. The van der Waals surface area contributed by atoms with Crippen molar-refractivity contribution in [3.05, 3.63) is 133 Å². The van der Waals surface area contributed by atoms with Crippen LogP contribution in [0.5, 0.6) is 23.0 Å². The van der Waals surface area contributed by atoms with Gasteiger partial charge >= 0.3 is 23.9 Å². The van der Waals surface area contributed by atoms with E-state index in [2.05, 4.69) is 50.0 Å². The minimum absolute atomic E-state index is 0.0409. The molecule has 0 N–H and O–H groups in total. The van der Waals surface area contributed by atoms with E-state index in [1.54, 1.807) is 62.4 Å². The van der Waals surface area contributed by atoms with E-state index < -0.39 is 23.9 Å². The average molecular weight is 587 g/mol. The molecule has 0 aliphatic heterocycles. The molecule has 0 amide bonds. The van der Waals surface area contributed by atoms with Crippen LogP contribution >= 0.6 is 0 Å². The van der Waals surface area contributed by atoms with E-state index in [4.69, 9.17) is 18.9 Å². The molecule has 3 aromatic rings. The SMILES string of the molecule is C=CC(=O)Oc1cc(C#Cc2ccc(OC(=O)C(=C)C)cc2)c(OC(=O)C=C)cc1C#Cc1ccc(OC(=O)C(=C)C)cc1. The van der Waals surface area contributed by atoms with Gasteiger partial charge in [0.2, 0.25) is 0 Å². The molecule has 44 heavy (non-hydrogen) atoms.